The van der Waals surface area contributed by atoms with Crippen molar-refractivity contribution in [1.29, 1.82) is 0 Å². The Kier molecular flexibility index (Phi) is 5.41. The number of amides is 1. The largest absolute Gasteiger partial charge is 0.298 e. The molecule has 0 aliphatic carbocycles. The first-order chi connectivity index (χ1) is 11.7. The summed E-state index contributed by atoms with van der Waals surface area (Å²) in [5, 5.41) is 4.10. The van der Waals surface area contributed by atoms with Gasteiger partial charge in [-0.25, -0.2) is 4.98 Å². The van der Waals surface area contributed by atoms with Gasteiger partial charge in [0.2, 0.25) is 5.91 Å². The molecule has 3 aromatic rings. The molecule has 1 amide bonds. The molecule has 0 aliphatic heterocycles. The molecule has 0 spiro atoms. The molecule has 0 aliphatic rings. The van der Waals surface area contributed by atoms with Crippen molar-refractivity contribution in [3.05, 3.63) is 87.9 Å². The summed E-state index contributed by atoms with van der Waals surface area (Å²) in [5.41, 5.74) is 2.10. The monoisotopic (exact) mass is 354 g/mol. The normalized spacial score (nSPS) is 10.9. The lowest BCUT2D eigenvalue weighted by molar-refractivity contribution is -0.111. The molecule has 24 heavy (non-hydrogen) atoms. The second-order valence-electron chi connectivity index (χ2n) is 5.17. The summed E-state index contributed by atoms with van der Waals surface area (Å²) in [6.07, 6.45) is 5.80. The summed E-state index contributed by atoms with van der Waals surface area (Å²) in [6, 6.07) is 17.4. The lowest BCUT2D eigenvalue weighted by Gasteiger charge is -1.98. The maximum Gasteiger partial charge on any atom is 0.250 e. The molecule has 0 unspecified atom stereocenters. The molecule has 1 heterocycles. The van der Waals surface area contributed by atoms with Gasteiger partial charge >= 0.3 is 0 Å². The quantitative estimate of drug-likeness (QED) is 0.652. The topological polar surface area (TPSA) is 42.0 Å². The zero-order valence-electron chi connectivity index (χ0n) is 12.8. The van der Waals surface area contributed by atoms with Crippen molar-refractivity contribution in [1.82, 2.24) is 4.98 Å². The highest BCUT2D eigenvalue weighted by atomic mass is 35.5. The first kappa shape index (κ1) is 16.4. The number of carbonyl (C=O) groups is 1. The van der Waals surface area contributed by atoms with Crippen LogP contribution in [0.3, 0.4) is 0 Å². The minimum atomic E-state index is -0.192. The Bertz CT molecular complexity index is 859. The lowest BCUT2D eigenvalue weighted by atomic mass is 10.1. The van der Waals surface area contributed by atoms with Gasteiger partial charge < -0.3 is 0 Å². The zero-order chi connectivity index (χ0) is 16.8. The van der Waals surface area contributed by atoms with Crippen LogP contribution < -0.4 is 5.32 Å². The zero-order valence-corrected chi connectivity index (χ0v) is 14.3. The molecular weight excluding hydrogens is 340 g/mol. The van der Waals surface area contributed by atoms with E-state index in [2.05, 4.69) is 10.3 Å². The van der Waals surface area contributed by atoms with Gasteiger partial charge in [-0.3, -0.25) is 10.1 Å². The smallest absolute Gasteiger partial charge is 0.250 e. The Labute approximate surface area is 149 Å². The number of carbonyl (C=O) groups excluding carboxylic acids is 1. The van der Waals surface area contributed by atoms with Crippen LogP contribution in [0.25, 0.3) is 6.08 Å². The highest BCUT2D eigenvalue weighted by Crippen LogP contribution is 2.22. The van der Waals surface area contributed by atoms with Crippen LogP contribution in [0.1, 0.15) is 16.0 Å². The Morgan fingerprint density at radius 1 is 1.17 bits per heavy atom. The van der Waals surface area contributed by atoms with E-state index in [0.29, 0.717) is 5.13 Å². The fourth-order valence-electron chi connectivity index (χ4n) is 2.18. The van der Waals surface area contributed by atoms with Crippen molar-refractivity contribution >= 4 is 40.1 Å². The van der Waals surface area contributed by atoms with Gasteiger partial charge in [-0.1, -0.05) is 54.1 Å². The lowest BCUT2D eigenvalue weighted by Crippen LogP contribution is -2.06. The van der Waals surface area contributed by atoms with Gasteiger partial charge in [0.1, 0.15) is 0 Å². The molecule has 120 valence electrons. The summed E-state index contributed by atoms with van der Waals surface area (Å²) in [6.45, 7) is 0. The number of halogens is 1. The fraction of sp³-hybridized carbons (Fsp3) is 0.0526. The number of aromatic nitrogens is 1. The van der Waals surface area contributed by atoms with Crippen LogP contribution in [0.4, 0.5) is 5.13 Å². The molecule has 0 bridgehead atoms. The maximum absolute atomic E-state index is 11.9. The minimum absolute atomic E-state index is 0.192. The number of anilines is 1. The third kappa shape index (κ3) is 4.78. The van der Waals surface area contributed by atoms with Gasteiger partial charge in [-0.15, -0.1) is 11.3 Å². The Hall–Kier alpha value is -2.43. The van der Waals surface area contributed by atoms with E-state index < -0.39 is 0 Å². The average molecular weight is 355 g/mol. The molecule has 0 atom stereocenters. The number of benzene rings is 2. The maximum atomic E-state index is 11.9. The van der Waals surface area contributed by atoms with E-state index in [-0.39, 0.29) is 5.91 Å². The second-order valence-corrected chi connectivity index (χ2v) is 6.72. The molecule has 0 fully saturated rings. The van der Waals surface area contributed by atoms with E-state index in [1.807, 2.05) is 54.6 Å². The van der Waals surface area contributed by atoms with Crippen LogP contribution in [-0.2, 0) is 11.2 Å². The molecule has 0 radical (unpaired) electrons. The van der Waals surface area contributed by atoms with Crippen LogP contribution >= 0.6 is 22.9 Å². The van der Waals surface area contributed by atoms with E-state index in [9.17, 15) is 4.79 Å². The summed E-state index contributed by atoms with van der Waals surface area (Å²) in [4.78, 5) is 17.3. The van der Waals surface area contributed by atoms with Crippen molar-refractivity contribution in [2.45, 2.75) is 6.42 Å². The third-order valence-electron chi connectivity index (χ3n) is 3.28. The van der Waals surface area contributed by atoms with E-state index in [4.69, 9.17) is 11.6 Å². The number of thiazole rings is 1. The number of nitrogens with zero attached hydrogens (tertiary/aromatic N) is 1. The molecule has 0 saturated carbocycles. The van der Waals surface area contributed by atoms with Crippen molar-refractivity contribution in [2.75, 3.05) is 5.32 Å². The summed E-state index contributed by atoms with van der Waals surface area (Å²) >= 11 is 7.46. The van der Waals surface area contributed by atoms with Crippen LogP contribution in [0.5, 0.6) is 0 Å². The standard InChI is InChI=1S/C19H15ClN2OS/c20-16-8-4-7-15(11-16)12-17-13-21-19(24-17)22-18(23)10-9-14-5-2-1-3-6-14/h1-11,13H,12H2,(H,21,22,23)/b10-9+. The number of rotatable bonds is 5. The van der Waals surface area contributed by atoms with Gasteiger partial charge in [-0.05, 0) is 29.3 Å². The van der Waals surface area contributed by atoms with Crippen LogP contribution in [0, 0.1) is 0 Å². The first-order valence-corrected chi connectivity index (χ1v) is 8.62. The van der Waals surface area contributed by atoms with Gasteiger partial charge in [0.25, 0.3) is 0 Å². The van der Waals surface area contributed by atoms with Crippen LogP contribution in [0.2, 0.25) is 5.02 Å². The summed E-state index contributed by atoms with van der Waals surface area (Å²) < 4.78 is 0. The third-order valence-corrected chi connectivity index (χ3v) is 4.43. The molecule has 3 nitrogen and oxygen atoms in total. The molecular formula is C19H15ClN2OS. The molecule has 2 aromatic carbocycles. The van der Waals surface area contributed by atoms with Gasteiger partial charge in [0, 0.05) is 28.6 Å². The average Bonchev–Trinajstić information content (AvgIpc) is 3.01. The predicted octanol–water partition coefficient (Wildman–Crippen LogP) is 5.04. The molecule has 0 saturated heterocycles. The predicted molar refractivity (Wildman–Crippen MR) is 100 cm³/mol. The van der Waals surface area contributed by atoms with Crippen LogP contribution in [-0.4, -0.2) is 10.9 Å². The van der Waals surface area contributed by atoms with E-state index >= 15 is 0 Å². The number of hydrogen-bond acceptors (Lipinski definition) is 3. The fourth-order valence-corrected chi connectivity index (χ4v) is 3.24. The van der Waals surface area contributed by atoms with Gasteiger partial charge in [0.05, 0.1) is 0 Å². The minimum Gasteiger partial charge on any atom is -0.298 e. The van der Waals surface area contributed by atoms with E-state index in [1.54, 1.807) is 12.3 Å². The van der Waals surface area contributed by atoms with Crippen molar-refractivity contribution in [3.63, 3.8) is 0 Å². The molecule has 3 rings (SSSR count). The SMILES string of the molecule is O=C(/C=C/c1ccccc1)Nc1ncc(Cc2cccc(Cl)c2)s1. The highest BCUT2D eigenvalue weighted by Gasteiger charge is 2.05. The Balaban J connectivity index is 1.59. The van der Waals surface area contributed by atoms with Gasteiger partial charge in [0.15, 0.2) is 5.13 Å². The molecule has 1 N–H and O–H groups in total. The molecule has 1 aromatic heterocycles. The number of nitrogens with one attached hydrogen (secondary N) is 1. The second kappa shape index (κ2) is 7.90. The Morgan fingerprint density at radius 2 is 2.00 bits per heavy atom. The summed E-state index contributed by atoms with van der Waals surface area (Å²) in [7, 11) is 0. The van der Waals surface area contributed by atoms with E-state index in [1.165, 1.54) is 17.4 Å². The Morgan fingerprint density at radius 3 is 2.79 bits per heavy atom. The van der Waals surface area contributed by atoms with Crippen molar-refractivity contribution in [3.8, 4) is 0 Å². The molecule has 5 heteroatoms. The van der Waals surface area contributed by atoms with Crippen LogP contribution in [0.15, 0.2) is 66.9 Å². The highest BCUT2D eigenvalue weighted by molar-refractivity contribution is 7.15. The summed E-state index contributed by atoms with van der Waals surface area (Å²) in [5.74, 6) is -0.192. The van der Waals surface area contributed by atoms with Crippen molar-refractivity contribution in [2.24, 2.45) is 0 Å². The first-order valence-electron chi connectivity index (χ1n) is 7.42. The van der Waals surface area contributed by atoms with Crippen molar-refractivity contribution < 1.29 is 4.79 Å². The van der Waals surface area contributed by atoms with Gasteiger partial charge in [-0.2, -0.15) is 0 Å². The number of hydrogen-bond donors (Lipinski definition) is 1. The van der Waals surface area contributed by atoms with E-state index in [0.717, 1.165) is 27.4 Å².